The van der Waals surface area contributed by atoms with Crippen LogP contribution in [0.1, 0.15) is 11.1 Å². The summed E-state index contributed by atoms with van der Waals surface area (Å²) in [5, 5.41) is 0.556. The van der Waals surface area contributed by atoms with Gasteiger partial charge in [0.05, 0.1) is 16.6 Å². The summed E-state index contributed by atoms with van der Waals surface area (Å²) >= 11 is 0. The van der Waals surface area contributed by atoms with Crippen molar-refractivity contribution in [3.63, 3.8) is 0 Å². The minimum Gasteiger partial charge on any atom is -0.296 e. The third kappa shape index (κ3) is 1.91. The topological polar surface area (TPSA) is 44.0 Å². The molecule has 1 aromatic heterocycles. The second kappa shape index (κ2) is 4.74. The number of aromatic nitrogens is 2. The van der Waals surface area contributed by atoms with E-state index in [9.17, 15) is 9.59 Å². The molecular weight excluding hydrogens is 264 g/mol. The first-order valence-corrected chi connectivity index (χ1v) is 6.79. The molecule has 4 nitrogen and oxygen atoms in total. The Morgan fingerprint density at radius 2 is 1.52 bits per heavy atom. The van der Waals surface area contributed by atoms with Gasteiger partial charge in [-0.3, -0.25) is 9.36 Å². The summed E-state index contributed by atoms with van der Waals surface area (Å²) in [6.07, 6.45) is 0. The molecule has 2 aromatic carbocycles. The predicted molar refractivity (Wildman–Crippen MR) is 84.3 cm³/mol. The summed E-state index contributed by atoms with van der Waals surface area (Å²) in [7, 11) is 1.70. The van der Waals surface area contributed by atoms with Gasteiger partial charge in [-0.25, -0.2) is 9.36 Å². The van der Waals surface area contributed by atoms with Crippen LogP contribution in [-0.2, 0) is 7.05 Å². The third-order valence-corrected chi connectivity index (χ3v) is 3.84. The van der Waals surface area contributed by atoms with E-state index in [1.165, 1.54) is 4.57 Å². The molecule has 0 N–H and O–H groups in total. The Morgan fingerprint density at radius 1 is 0.857 bits per heavy atom. The lowest BCUT2D eigenvalue weighted by Crippen LogP contribution is -2.38. The van der Waals surface area contributed by atoms with Crippen molar-refractivity contribution in [3.8, 4) is 5.69 Å². The van der Waals surface area contributed by atoms with E-state index in [0.29, 0.717) is 16.6 Å². The minimum absolute atomic E-state index is 0.272. The molecule has 106 valence electrons. The van der Waals surface area contributed by atoms with Crippen LogP contribution in [0.15, 0.2) is 52.1 Å². The van der Waals surface area contributed by atoms with Gasteiger partial charge in [-0.15, -0.1) is 0 Å². The largest absolute Gasteiger partial charge is 0.335 e. The highest BCUT2D eigenvalue weighted by Crippen LogP contribution is 2.15. The van der Waals surface area contributed by atoms with Gasteiger partial charge in [-0.1, -0.05) is 30.3 Å². The van der Waals surface area contributed by atoms with Gasteiger partial charge in [0.25, 0.3) is 5.56 Å². The zero-order chi connectivity index (χ0) is 15.1. The molecule has 0 atom stereocenters. The van der Waals surface area contributed by atoms with Gasteiger partial charge in [0.15, 0.2) is 0 Å². The molecule has 0 aliphatic carbocycles. The molecule has 0 bridgehead atoms. The van der Waals surface area contributed by atoms with E-state index in [1.807, 2.05) is 44.2 Å². The van der Waals surface area contributed by atoms with Gasteiger partial charge in [-0.2, -0.15) is 0 Å². The van der Waals surface area contributed by atoms with E-state index in [0.717, 1.165) is 11.1 Å². The highest BCUT2D eigenvalue weighted by molar-refractivity contribution is 5.81. The monoisotopic (exact) mass is 280 g/mol. The van der Waals surface area contributed by atoms with E-state index in [-0.39, 0.29) is 11.2 Å². The van der Waals surface area contributed by atoms with Crippen LogP contribution in [0.2, 0.25) is 0 Å². The normalized spacial score (nSPS) is 11.0. The van der Waals surface area contributed by atoms with Crippen LogP contribution in [-0.4, -0.2) is 9.13 Å². The second-order valence-electron chi connectivity index (χ2n) is 5.24. The Balaban J connectivity index is 2.56. The fourth-order valence-corrected chi connectivity index (χ4v) is 2.76. The van der Waals surface area contributed by atoms with Crippen molar-refractivity contribution in [2.24, 2.45) is 7.05 Å². The lowest BCUT2D eigenvalue weighted by Gasteiger charge is -2.13. The highest BCUT2D eigenvalue weighted by atomic mass is 16.2. The molecule has 1 heterocycles. The maximum absolute atomic E-state index is 12.8. The van der Waals surface area contributed by atoms with Crippen LogP contribution >= 0.6 is 0 Å². The number of hydrogen-bond donors (Lipinski definition) is 0. The van der Waals surface area contributed by atoms with Crippen LogP contribution in [0, 0.1) is 13.8 Å². The number of rotatable bonds is 1. The van der Waals surface area contributed by atoms with Gasteiger partial charge in [0.2, 0.25) is 0 Å². The Hall–Kier alpha value is -2.62. The molecule has 0 amide bonds. The molecule has 0 radical (unpaired) electrons. The molecule has 0 aliphatic rings. The lowest BCUT2D eigenvalue weighted by molar-refractivity contribution is 0.769. The number of hydrogen-bond acceptors (Lipinski definition) is 2. The summed E-state index contributed by atoms with van der Waals surface area (Å²) < 4.78 is 2.79. The van der Waals surface area contributed by atoms with Gasteiger partial charge < -0.3 is 0 Å². The van der Waals surface area contributed by atoms with Crippen molar-refractivity contribution in [1.29, 1.82) is 0 Å². The Morgan fingerprint density at radius 3 is 2.24 bits per heavy atom. The van der Waals surface area contributed by atoms with Crippen molar-refractivity contribution in [2.45, 2.75) is 13.8 Å². The first-order valence-electron chi connectivity index (χ1n) is 6.79. The molecule has 0 saturated heterocycles. The first kappa shape index (κ1) is 13.4. The van der Waals surface area contributed by atoms with E-state index in [1.54, 1.807) is 23.7 Å². The van der Waals surface area contributed by atoms with Gasteiger partial charge in [-0.05, 0) is 37.1 Å². The molecule has 0 aliphatic heterocycles. The quantitative estimate of drug-likeness (QED) is 0.686. The third-order valence-electron chi connectivity index (χ3n) is 3.84. The van der Waals surface area contributed by atoms with Crippen LogP contribution in [0.4, 0.5) is 0 Å². The average molecular weight is 280 g/mol. The van der Waals surface area contributed by atoms with Gasteiger partial charge in [0.1, 0.15) is 0 Å². The molecule has 21 heavy (non-hydrogen) atoms. The molecule has 0 saturated carbocycles. The maximum atomic E-state index is 12.8. The van der Waals surface area contributed by atoms with E-state index in [2.05, 4.69) is 0 Å². The van der Waals surface area contributed by atoms with Crippen LogP contribution < -0.4 is 11.2 Å². The summed E-state index contributed by atoms with van der Waals surface area (Å²) in [4.78, 5) is 25.4. The fourth-order valence-electron chi connectivity index (χ4n) is 2.76. The van der Waals surface area contributed by atoms with Crippen LogP contribution in [0.5, 0.6) is 0 Å². The number of benzene rings is 2. The van der Waals surface area contributed by atoms with Crippen molar-refractivity contribution < 1.29 is 0 Å². The SMILES string of the molecule is Cc1ccccc1-n1c(=O)c2cccc(C)c2n(C)c1=O. The number of fused-ring (bicyclic) bond motifs is 1. The van der Waals surface area contributed by atoms with Gasteiger partial charge in [0, 0.05) is 7.05 Å². The molecule has 3 rings (SSSR count). The minimum atomic E-state index is -0.323. The van der Waals surface area contributed by atoms with Crippen LogP contribution in [0.3, 0.4) is 0 Å². The van der Waals surface area contributed by atoms with Crippen LogP contribution in [0.25, 0.3) is 16.6 Å². The number of aryl methyl sites for hydroxylation is 3. The predicted octanol–water partition coefficient (Wildman–Crippen LogP) is 2.31. The molecule has 0 spiro atoms. The van der Waals surface area contributed by atoms with Crippen molar-refractivity contribution in [2.75, 3.05) is 0 Å². The van der Waals surface area contributed by atoms with E-state index < -0.39 is 0 Å². The molecular formula is C17H16N2O2. The fraction of sp³-hybridized carbons (Fsp3) is 0.176. The zero-order valence-corrected chi connectivity index (χ0v) is 12.3. The highest BCUT2D eigenvalue weighted by Gasteiger charge is 2.14. The molecule has 4 heteroatoms. The summed E-state index contributed by atoms with van der Waals surface area (Å²) in [5.74, 6) is 0. The van der Waals surface area contributed by atoms with E-state index in [4.69, 9.17) is 0 Å². The standard InChI is InChI=1S/C17H16N2O2/c1-11-7-4-5-10-14(11)19-16(20)13-9-6-8-12(2)15(13)18(3)17(19)21/h4-10H,1-3H3. The zero-order valence-electron chi connectivity index (χ0n) is 12.3. The first-order chi connectivity index (χ1) is 10.0. The number of nitrogens with zero attached hydrogens (tertiary/aromatic N) is 2. The van der Waals surface area contributed by atoms with Crippen molar-refractivity contribution >= 4 is 10.9 Å². The Labute approximate surface area is 121 Å². The van der Waals surface area contributed by atoms with Crippen molar-refractivity contribution in [3.05, 3.63) is 74.4 Å². The molecule has 0 unspecified atom stereocenters. The van der Waals surface area contributed by atoms with Gasteiger partial charge >= 0.3 is 5.69 Å². The number of para-hydroxylation sites is 2. The summed E-state index contributed by atoms with van der Waals surface area (Å²) in [6, 6.07) is 12.9. The smallest absolute Gasteiger partial charge is 0.296 e. The lowest BCUT2D eigenvalue weighted by atomic mass is 10.1. The molecule has 3 aromatic rings. The molecule has 0 fully saturated rings. The summed E-state index contributed by atoms with van der Waals surface area (Å²) in [6.45, 7) is 3.79. The second-order valence-corrected chi connectivity index (χ2v) is 5.24. The maximum Gasteiger partial charge on any atom is 0.335 e. The van der Waals surface area contributed by atoms with E-state index >= 15 is 0 Å². The van der Waals surface area contributed by atoms with Crippen molar-refractivity contribution in [1.82, 2.24) is 9.13 Å². The average Bonchev–Trinajstić information content (AvgIpc) is 2.47. The summed E-state index contributed by atoms with van der Waals surface area (Å²) in [5.41, 5.74) is 2.54. The Kier molecular flexibility index (Phi) is 3.01. The Bertz CT molecular complexity index is 965.